The molecule has 1 fully saturated rings. The number of nitrogens with zero attached hydrogens (tertiary/aromatic N) is 4. The fraction of sp³-hybridized carbons (Fsp3) is 0.333. The number of hydrogen-bond acceptors (Lipinski definition) is 6. The van der Waals surface area contributed by atoms with Crippen molar-refractivity contribution >= 4 is 17.3 Å². The Morgan fingerprint density at radius 2 is 1.83 bits per heavy atom. The van der Waals surface area contributed by atoms with Gasteiger partial charge >= 0.3 is 0 Å². The van der Waals surface area contributed by atoms with Crippen LogP contribution in [-0.4, -0.2) is 42.3 Å². The van der Waals surface area contributed by atoms with Crippen LogP contribution in [0, 0.1) is 0 Å². The largest absolute Gasteiger partial charge is 0.399 e. The SMILES string of the molecule is CC1COCCN1c1cc(-c2ccc(N)cc2)cc2c1CCN(c1ncccn1)C2. The van der Waals surface area contributed by atoms with Crippen LogP contribution in [-0.2, 0) is 17.7 Å². The van der Waals surface area contributed by atoms with E-state index in [1.165, 1.54) is 27.9 Å². The van der Waals surface area contributed by atoms with Crippen LogP contribution in [0.3, 0.4) is 0 Å². The van der Waals surface area contributed by atoms with Crippen molar-refractivity contribution in [2.75, 3.05) is 41.8 Å². The summed E-state index contributed by atoms with van der Waals surface area (Å²) >= 11 is 0. The number of morpholine rings is 1. The van der Waals surface area contributed by atoms with Crippen molar-refractivity contribution in [3.63, 3.8) is 0 Å². The predicted molar refractivity (Wildman–Crippen MR) is 121 cm³/mol. The fourth-order valence-corrected chi connectivity index (χ4v) is 4.49. The van der Waals surface area contributed by atoms with Gasteiger partial charge in [0.25, 0.3) is 0 Å². The first kappa shape index (κ1) is 18.9. The van der Waals surface area contributed by atoms with E-state index in [2.05, 4.69) is 51.0 Å². The molecule has 2 aliphatic heterocycles. The minimum Gasteiger partial charge on any atom is -0.399 e. The quantitative estimate of drug-likeness (QED) is 0.678. The second kappa shape index (κ2) is 7.95. The summed E-state index contributed by atoms with van der Waals surface area (Å²) in [5.41, 5.74) is 13.2. The first-order valence-electron chi connectivity index (χ1n) is 10.6. The minimum absolute atomic E-state index is 0.361. The summed E-state index contributed by atoms with van der Waals surface area (Å²) in [6, 6.07) is 15.0. The highest BCUT2D eigenvalue weighted by Gasteiger charge is 2.27. The van der Waals surface area contributed by atoms with Gasteiger partial charge in [0.2, 0.25) is 5.95 Å². The molecule has 0 radical (unpaired) electrons. The van der Waals surface area contributed by atoms with Gasteiger partial charge < -0.3 is 20.3 Å². The average Bonchev–Trinajstić information content (AvgIpc) is 2.79. The number of rotatable bonds is 3. The van der Waals surface area contributed by atoms with Crippen LogP contribution < -0.4 is 15.5 Å². The number of fused-ring (bicyclic) bond motifs is 1. The van der Waals surface area contributed by atoms with E-state index in [1.54, 1.807) is 0 Å². The number of hydrogen-bond donors (Lipinski definition) is 1. The molecule has 3 aromatic rings. The Hall–Kier alpha value is -3.12. The molecule has 0 saturated carbocycles. The fourth-order valence-electron chi connectivity index (χ4n) is 4.49. The Morgan fingerprint density at radius 3 is 2.60 bits per heavy atom. The van der Waals surface area contributed by atoms with Crippen molar-refractivity contribution in [3.8, 4) is 11.1 Å². The van der Waals surface area contributed by atoms with Gasteiger partial charge in [0.05, 0.1) is 13.2 Å². The van der Waals surface area contributed by atoms with Crippen molar-refractivity contribution in [3.05, 3.63) is 66.0 Å². The number of nitrogens with two attached hydrogens (primary N) is 1. The third kappa shape index (κ3) is 3.59. The minimum atomic E-state index is 0.361. The molecule has 1 saturated heterocycles. The number of nitrogen functional groups attached to an aromatic ring is 1. The molecule has 0 amide bonds. The summed E-state index contributed by atoms with van der Waals surface area (Å²) < 4.78 is 5.70. The van der Waals surface area contributed by atoms with Crippen LogP contribution in [0.5, 0.6) is 0 Å². The molecule has 0 aliphatic carbocycles. The highest BCUT2D eigenvalue weighted by Crippen LogP contribution is 2.36. The zero-order valence-corrected chi connectivity index (χ0v) is 17.3. The lowest BCUT2D eigenvalue weighted by Crippen LogP contribution is -2.45. The van der Waals surface area contributed by atoms with Crippen molar-refractivity contribution in [1.29, 1.82) is 0 Å². The Morgan fingerprint density at radius 1 is 1.03 bits per heavy atom. The average molecular weight is 402 g/mol. The molecule has 2 aromatic carbocycles. The number of aromatic nitrogens is 2. The van der Waals surface area contributed by atoms with Gasteiger partial charge in [-0.3, -0.25) is 0 Å². The van der Waals surface area contributed by atoms with E-state index in [4.69, 9.17) is 10.5 Å². The summed E-state index contributed by atoms with van der Waals surface area (Å²) in [4.78, 5) is 13.7. The van der Waals surface area contributed by atoms with Gasteiger partial charge in [-0.2, -0.15) is 0 Å². The summed E-state index contributed by atoms with van der Waals surface area (Å²) in [5, 5.41) is 0. The molecule has 2 aliphatic rings. The van der Waals surface area contributed by atoms with Gasteiger partial charge in [0.15, 0.2) is 0 Å². The second-order valence-electron chi connectivity index (χ2n) is 8.09. The maximum atomic E-state index is 5.92. The molecule has 5 rings (SSSR count). The number of ether oxygens (including phenoxy) is 1. The van der Waals surface area contributed by atoms with E-state index in [0.29, 0.717) is 6.04 Å². The molecule has 6 heteroatoms. The maximum Gasteiger partial charge on any atom is 0.225 e. The molecule has 1 atom stereocenters. The molecular weight excluding hydrogens is 374 g/mol. The highest BCUT2D eigenvalue weighted by atomic mass is 16.5. The van der Waals surface area contributed by atoms with Crippen molar-refractivity contribution in [2.24, 2.45) is 0 Å². The molecule has 6 nitrogen and oxygen atoms in total. The topological polar surface area (TPSA) is 67.5 Å². The lowest BCUT2D eigenvalue weighted by Gasteiger charge is -2.39. The molecule has 3 heterocycles. The van der Waals surface area contributed by atoms with Gasteiger partial charge in [0, 0.05) is 49.4 Å². The smallest absolute Gasteiger partial charge is 0.225 e. The summed E-state index contributed by atoms with van der Waals surface area (Å²) in [6.45, 7) is 6.44. The lowest BCUT2D eigenvalue weighted by atomic mass is 9.91. The second-order valence-corrected chi connectivity index (χ2v) is 8.09. The first-order valence-corrected chi connectivity index (χ1v) is 10.6. The molecule has 154 valence electrons. The highest BCUT2D eigenvalue weighted by molar-refractivity contribution is 5.74. The Balaban J connectivity index is 1.58. The third-order valence-electron chi connectivity index (χ3n) is 6.07. The van der Waals surface area contributed by atoms with Crippen LogP contribution >= 0.6 is 0 Å². The standard InChI is InChI=1S/C24H27N5O/c1-17-16-30-12-11-29(17)23-14-19(18-3-5-21(25)6-4-18)13-20-15-28(10-7-22(20)23)24-26-8-2-9-27-24/h2-6,8-9,13-14,17H,7,10-12,15-16,25H2,1H3. The van der Waals surface area contributed by atoms with E-state index in [0.717, 1.165) is 50.9 Å². The van der Waals surface area contributed by atoms with E-state index in [1.807, 2.05) is 30.6 Å². The maximum absolute atomic E-state index is 5.92. The summed E-state index contributed by atoms with van der Waals surface area (Å²) in [6.07, 6.45) is 4.60. The van der Waals surface area contributed by atoms with Crippen LogP contribution in [0.4, 0.5) is 17.3 Å². The van der Waals surface area contributed by atoms with Crippen molar-refractivity contribution < 1.29 is 4.74 Å². The molecular formula is C24H27N5O. The van der Waals surface area contributed by atoms with Gasteiger partial charge in [-0.25, -0.2) is 9.97 Å². The molecule has 1 aromatic heterocycles. The zero-order valence-electron chi connectivity index (χ0n) is 17.3. The van der Waals surface area contributed by atoms with E-state index < -0.39 is 0 Å². The summed E-state index contributed by atoms with van der Waals surface area (Å²) in [5.74, 6) is 0.794. The monoisotopic (exact) mass is 401 g/mol. The van der Waals surface area contributed by atoms with Gasteiger partial charge in [-0.15, -0.1) is 0 Å². The Labute approximate surface area is 177 Å². The Kier molecular flexibility index (Phi) is 5.01. The zero-order chi connectivity index (χ0) is 20.5. The number of anilines is 3. The Bertz CT molecular complexity index is 1020. The molecule has 30 heavy (non-hydrogen) atoms. The van der Waals surface area contributed by atoms with Gasteiger partial charge in [-0.1, -0.05) is 12.1 Å². The third-order valence-corrected chi connectivity index (χ3v) is 6.07. The van der Waals surface area contributed by atoms with Crippen LogP contribution in [0.25, 0.3) is 11.1 Å². The predicted octanol–water partition coefficient (Wildman–Crippen LogP) is 3.51. The number of benzene rings is 2. The normalized spacial score (nSPS) is 18.9. The van der Waals surface area contributed by atoms with Crippen molar-refractivity contribution in [2.45, 2.75) is 25.9 Å². The van der Waals surface area contributed by atoms with Crippen molar-refractivity contribution in [1.82, 2.24) is 9.97 Å². The first-order chi connectivity index (χ1) is 14.7. The van der Waals surface area contributed by atoms with E-state index in [-0.39, 0.29) is 0 Å². The molecule has 0 spiro atoms. The van der Waals surface area contributed by atoms with E-state index in [9.17, 15) is 0 Å². The molecule has 1 unspecified atom stereocenters. The van der Waals surface area contributed by atoms with Gasteiger partial charge in [0.1, 0.15) is 0 Å². The summed E-state index contributed by atoms with van der Waals surface area (Å²) in [7, 11) is 0. The molecule has 2 N–H and O–H groups in total. The van der Waals surface area contributed by atoms with Crippen LogP contribution in [0.2, 0.25) is 0 Å². The van der Waals surface area contributed by atoms with Crippen LogP contribution in [0.1, 0.15) is 18.1 Å². The van der Waals surface area contributed by atoms with E-state index >= 15 is 0 Å². The lowest BCUT2D eigenvalue weighted by molar-refractivity contribution is 0.0988. The van der Waals surface area contributed by atoms with Crippen LogP contribution in [0.15, 0.2) is 54.9 Å². The molecule has 0 bridgehead atoms. The van der Waals surface area contributed by atoms with Gasteiger partial charge in [-0.05, 0) is 65.9 Å².